The van der Waals surface area contributed by atoms with E-state index in [0.29, 0.717) is 0 Å². The normalized spacial score (nSPS) is 12.6. The maximum absolute atomic E-state index is 11.5. The fourth-order valence-electron chi connectivity index (χ4n) is 1.55. The van der Waals surface area contributed by atoms with Gasteiger partial charge < -0.3 is 16.3 Å². The van der Waals surface area contributed by atoms with Crippen LogP contribution in [0.15, 0.2) is 5.16 Å². The zero-order valence-corrected chi connectivity index (χ0v) is 9.71. The Kier molecular flexibility index (Phi) is 5.74. The van der Waals surface area contributed by atoms with Gasteiger partial charge in [-0.1, -0.05) is 25.9 Å². The first-order valence-corrected chi connectivity index (χ1v) is 5.31. The molecule has 4 N–H and O–H groups in total. The van der Waals surface area contributed by atoms with E-state index in [1.54, 1.807) is 0 Å². The maximum Gasteiger partial charge on any atom is 0.228 e. The van der Waals surface area contributed by atoms with Crippen LogP contribution in [0, 0.1) is 0 Å². The van der Waals surface area contributed by atoms with Gasteiger partial charge in [-0.3, -0.25) is 4.79 Å². The van der Waals surface area contributed by atoms with Crippen molar-refractivity contribution in [2.45, 2.75) is 52.0 Å². The van der Waals surface area contributed by atoms with Gasteiger partial charge in [0.05, 0.1) is 6.42 Å². The minimum atomic E-state index is -0.198. The lowest BCUT2D eigenvalue weighted by atomic mass is 9.89. The molecule has 0 aliphatic rings. The number of nitrogens with one attached hydrogen (secondary N) is 1. The molecular weight excluding hydrogens is 194 g/mol. The summed E-state index contributed by atoms with van der Waals surface area (Å²) in [4.78, 5) is 11.5. The molecule has 0 bridgehead atoms. The lowest BCUT2D eigenvalue weighted by molar-refractivity contribution is -0.122. The summed E-state index contributed by atoms with van der Waals surface area (Å²) in [6.45, 7) is 6.12. The molecule has 88 valence electrons. The average molecular weight is 215 g/mol. The van der Waals surface area contributed by atoms with Crippen LogP contribution >= 0.6 is 0 Å². The summed E-state index contributed by atoms with van der Waals surface area (Å²) in [6, 6.07) is 0. The van der Waals surface area contributed by atoms with Gasteiger partial charge in [0.1, 0.15) is 5.84 Å². The van der Waals surface area contributed by atoms with Crippen LogP contribution in [0.2, 0.25) is 0 Å². The van der Waals surface area contributed by atoms with Gasteiger partial charge in [-0.15, -0.1) is 0 Å². The van der Waals surface area contributed by atoms with E-state index >= 15 is 0 Å². The predicted molar refractivity (Wildman–Crippen MR) is 59.8 cm³/mol. The van der Waals surface area contributed by atoms with E-state index in [4.69, 9.17) is 10.9 Å². The van der Waals surface area contributed by atoms with Crippen LogP contribution in [-0.2, 0) is 4.79 Å². The largest absolute Gasteiger partial charge is 0.409 e. The van der Waals surface area contributed by atoms with E-state index in [1.807, 2.05) is 20.8 Å². The molecule has 0 radical (unpaired) electrons. The van der Waals surface area contributed by atoms with Crippen LogP contribution in [0.3, 0.4) is 0 Å². The van der Waals surface area contributed by atoms with Gasteiger partial charge in [0.2, 0.25) is 5.91 Å². The summed E-state index contributed by atoms with van der Waals surface area (Å²) in [5.74, 6) is -0.263. The van der Waals surface area contributed by atoms with Crippen molar-refractivity contribution in [1.29, 1.82) is 0 Å². The second-order valence-corrected chi connectivity index (χ2v) is 3.66. The number of nitrogens with two attached hydrogens (primary N) is 1. The highest BCUT2D eigenvalue weighted by atomic mass is 16.4. The standard InChI is InChI=1S/C10H21N3O2/c1-4-10(5-2,6-3)12-9(14)7-8(11)13-15/h15H,4-7H2,1-3H3,(H2,11,13)(H,12,14). The monoisotopic (exact) mass is 215 g/mol. The lowest BCUT2D eigenvalue weighted by Crippen LogP contribution is -2.48. The minimum Gasteiger partial charge on any atom is -0.409 e. The fraction of sp³-hybridized carbons (Fsp3) is 0.800. The smallest absolute Gasteiger partial charge is 0.228 e. The summed E-state index contributed by atoms with van der Waals surface area (Å²) >= 11 is 0. The van der Waals surface area contributed by atoms with Crippen LogP contribution in [0.5, 0.6) is 0 Å². The number of rotatable bonds is 6. The number of carbonyl (C=O) groups excluding carboxylic acids is 1. The molecular formula is C10H21N3O2. The van der Waals surface area contributed by atoms with Crippen LogP contribution in [-0.4, -0.2) is 22.5 Å². The summed E-state index contributed by atoms with van der Waals surface area (Å²) in [7, 11) is 0. The van der Waals surface area contributed by atoms with Crippen molar-refractivity contribution in [2.24, 2.45) is 10.9 Å². The summed E-state index contributed by atoms with van der Waals surface area (Å²) in [5.41, 5.74) is 5.10. The maximum atomic E-state index is 11.5. The van der Waals surface area contributed by atoms with Crippen molar-refractivity contribution in [2.75, 3.05) is 0 Å². The summed E-state index contributed by atoms with van der Waals surface area (Å²) in [6.07, 6.45) is 2.57. The van der Waals surface area contributed by atoms with Gasteiger partial charge >= 0.3 is 0 Å². The number of hydrogen-bond acceptors (Lipinski definition) is 3. The molecule has 0 unspecified atom stereocenters. The Hall–Kier alpha value is -1.26. The molecule has 1 amide bonds. The molecule has 0 saturated carbocycles. The van der Waals surface area contributed by atoms with Crippen LogP contribution in [0.1, 0.15) is 46.5 Å². The first kappa shape index (κ1) is 13.7. The van der Waals surface area contributed by atoms with Crippen LogP contribution in [0.4, 0.5) is 0 Å². The summed E-state index contributed by atoms with van der Waals surface area (Å²) in [5, 5.41) is 14.0. The molecule has 0 heterocycles. The number of hydrogen-bond donors (Lipinski definition) is 3. The molecule has 0 aliphatic heterocycles. The molecule has 0 aromatic heterocycles. The van der Waals surface area contributed by atoms with Gasteiger partial charge in [-0.25, -0.2) is 0 Å². The minimum absolute atomic E-state index is 0.0573. The van der Waals surface area contributed by atoms with Crippen molar-refractivity contribution in [3.05, 3.63) is 0 Å². The molecule has 0 saturated heterocycles. The highest BCUT2D eigenvalue weighted by Gasteiger charge is 2.25. The van der Waals surface area contributed by atoms with Crippen molar-refractivity contribution in [3.63, 3.8) is 0 Å². The van der Waals surface area contributed by atoms with Crippen LogP contribution in [0.25, 0.3) is 0 Å². The molecule has 0 spiro atoms. The Morgan fingerprint density at radius 3 is 2.13 bits per heavy atom. The molecule has 0 atom stereocenters. The Morgan fingerprint density at radius 2 is 1.80 bits per heavy atom. The molecule has 5 nitrogen and oxygen atoms in total. The third-order valence-electron chi connectivity index (χ3n) is 2.91. The highest BCUT2D eigenvalue weighted by molar-refractivity contribution is 5.98. The molecule has 0 fully saturated rings. The molecule has 0 aromatic carbocycles. The van der Waals surface area contributed by atoms with Gasteiger partial charge in [-0.2, -0.15) is 0 Å². The molecule has 5 heteroatoms. The zero-order valence-electron chi connectivity index (χ0n) is 9.71. The third-order valence-corrected chi connectivity index (χ3v) is 2.91. The van der Waals surface area contributed by atoms with Crippen molar-refractivity contribution < 1.29 is 10.0 Å². The Bertz CT molecular complexity index is 227. The van der Waals surface area contributed by atoms with E-state index in [0.717, 1.165) is 19.3 Å². The van der Waals surface area contributed by atoms with Crippen molar-refractivity contribution >= 4 is 11.7 Å². The first-order chi connectivity index (χ1) is 7.03. The van der Waals surface area contributed by atoms with E-state index < -0.39 is 0 Å². The van der Waals surface area contributed by atoms with Gasteiger partial charge in [0.25, 0.3) is 0 Å². The Labute approximate surface area is 90.7 Å². The second kappa shape index (κ2) is 6.27. The molecule has 0 rings (SSSR count). The number of oxime groups is 1. The van der Waals surface area contributed by atoms with E-state index in [2.05, 4.69) is 10.5 Å². The number of nitrogens with zero attached hydrogens (tertiary/aromatic N) is 1. The van der Waals surface area contributed by atoms with Gasteiger partial charge in [-0.05, 0) is 19.3 Å². The molecule has 0 aliphatic carbocycles. The topological polar surface area (TPSA) is 87.7 Å². The van der Waals surface area contributed by atoms with Gasteiger partial charge in [0.15, 0.2) is 0 Å². The average Bonchev–Trinajstić information content (AvgIpc) is 2.26. The highest BCUT2D eigenvalue weighted by Crippen LogP contribution is 2.19. The second-order valence-electron chi connectivity index (χ2n) is 3.66. The van der Waals surface area contributed by atoms with Crippen molar-refractivity contribution in [1.82, 2.24) is 5.32 Å². The van der Waals surface area contributed by atoms with E-state index in [-0.39, 0.29) is 23.7 Å². The third kappa shape index (κ3) is 4.18. The SMILES string of the molecule is CCC(CC)(CC)NC(=O)CC(N)=NO. The molecule has 15 heavy (non-hydrogen) atoms. The first-order valence-electron chi connectivity index (χ1n) is 5.31. The zero-order chi connectivity index (χ0) is 11.9. The quantitative estimate of drug-likeness (QED) is 0.269. The Morgan fingerprint density at radius 1 is 1.33 bits per heavy atom. The van der Waals surface area contributed by atoms with E-state index in [1.165, 1.54) is 0 Å². The number of carbonyl (C=O) groups is 1. The van der Waals surface area contributed by atoms with Crippen molar-refractivity contribution in [3.8, 4) is 0 Å². The van der Waals surface area contributed by atoms with E-state index in [9.17, 15) is 4.79 Å². The molecule has 0 aromatic rings. The predicted octanol–water partition coefficient (Wildman–Crippen LogP) is 1.21. The lowest BCUT2D eigenvalue weighted by Gasteiger charge is -2.31. The van der Waals surface area contributed by atoms with Gasteiger partial charge in [0, 0.05) is 5.54 Å². The summed E-state index contributed by atoms with van der Waals surface area (Å²) < 4.78 is 0. The van der Waals surface area contributed by atoms with Crippen LogP contribution < -0.4 is 11.1 Å². The Balaban J connectivity index is 4.36. The number of amidine groups is 1. The fourth-order valence-corrected chi connectivity index (χ4v) is 1.55. The number of amides is 1.